The summed E-state index contributed by atoms with van der Waals surface area (Å²) in [5.74, 6) is 6.50. The van der Waals surface area contributed by atoms with Crippen LogP contribution < -0.4 is 20.7 Å². The summed E-state index contributed by atoms with van der Waals surface area (Å²) in [5, 5.41) is 0. The average Bonchev–Trinajstić information content (AvgIpc) is 2.50. The zero-order valence-corrected chi connectivity index (χ0v) is 13.3. The summed E-state index contributed by atoms with van der Waals surface area (Å²) < 4.78 is 25.3. The van der Waals surface area contributed by atoms with Crippen LogP contribution in [0.4, 0.5) is 4.39 Å². The first kappa shape index (κ1) is 15.8. The molecule has 0 bridgehead atoms. The molecule has 2 aromatic carbocycles. The maximum Gasteiger partial charge on any atom is 0.129 e. The van der Waals surface area contributed by atoms with Crippen molar-refractivity contribution in [3.63, 3.8) is 0 Å². The van der Waals surface area contributed by atoms with Crippen molar-refractivity contribution in [3.8, 4) is 11.5 Å². The number of nitrogens with two attached hydrogens (primary N) is 1. The molecule has 0 saturated carbocycles. The van der Waals surface area contributed by atoms with Crippen molar-refractivity contribution in [3.05, 3.63) is 57.8 Å². The first-order valence-corrected chi connectivity index (χ1v) is 7.03. The van der Waals surface area contributed by atoms with E-state index in [9.17, 15) is 4.39 Å². The lowest BCUT2D eigenvalue weighted by molar-refractivity contribution is 0.387. The molecule has 1 atom stereocenters. The number of rotatable bonds is 5. The summed E-state index contributed by atoms with van der Waals surface area (Å²) in [6, 6.07) is 9.52. The van der Waals surface area contributed by atoms with Gasteiger partial charge in [-0.2, -0.15) is 0 Å². The second-order valence-electron chi connectivity index (χ2n) is 4.34. The van der Waals surface area contributed by atoms with E-state index in [0.717, 1.165) is 0 Å². The first-order chi connectivity index (χ1) is 10.1. The number of nitrogens with one attached hydrogen (secondary N) is 1. The van der Waals surface area contributed by atoms with Gasteiger partial charge < -0.3 is 9.47 Å². The number of benzene rings is 2. The Morgan fingerprint density at radius 2 is 1.95 bits per heavy atom. The fourth-order valence-corrected chi connectivity index (χ4v) is 2.74. The van der Waals surface area contributed by atoms with E-state index in [4.69, 9.17) is 15.3 Å². The Labute approximate surface area is 131 Å². The highest BCUT2D eigenvalue weighted by Gasteiger charge is 2.23. The molecule has 4 nitrogen and oxygen atoms in total. The summed E-state index contributed by atoms with van der Waals surface area (Å²) in [6.45, 7) is 0. The van der Waals surface area contributed by atoms with Gasteiger partial charge in [-0.1, -0.05) is 22.0 Å². The molecular weight excluding hydrogens is 339 g/mol. The van der Waals surface area contributed by atoms with Gasteiger partial charge in [-0.25, -0.2) is 9.82 Å². The van der Waals surface area contributed by atoms with Crippen molar-refractivity contribution < 1.29 is 13.9 Å². The molecule has 0 heterocycles. The molecule has 6 heteroatoms. The summed E-state index contributed by atoms with van der Waals surface area (Å²) in [6.07, 6.45) is 0. The van der Waals surface area contributed by atoms with E-state index in [1.165, 1.54) is 6.07 Å². The molecule has 2 aromatic rings. The Morgan fingerprint density at radius 1 is 1.19 bits per heavy atom. The molecule has 0 aliphatic heterocycles. The highest BCUT2D eigenvalue weighted by atomic mass is 79.9. The minimum atomic E-state index is -0.554. The molecule has 0 radical (unpaired) electrons. The maximum atomic E-state index is 14.2. The molecule has 0 amide bonds. The molecule has 112 valence electrons. The van der Waals surface area contributed by atoms with Gasteiger partial charge in [0.2, 0.25) is 0 Å². The zero-order chi connectivity index (χ0) is 15.4. The largest absolute Gasteiger partial charge is 0.497 e. The van der Waals surface area contributed by atoms with E-state index in [2.05, 4.69) is 21.4 Å². The van der Waals surface area contributed by atoms with Crippen molar-refractivity contribution in [2.45, 2.75) is 6.04 Å². The van der Waals surface area contributed by atoms with E-state index in [0.29, 0.717) is 27.1 Å². The van der Waals surface area contributed by atoms with Crippen molar-refractivity contribution in [1.29, 1.82) is 0 Å². The fourth-order valence-electron chi connectivity index (χ4n) is 2.17. The lowest BCUT2D eigenvalue weighted by Crippen LogP contribution is -2.30. The number of hydrogen-bond donors (Lipinski definition) is 2. The number of hydrogen-bond acceptors (Lipinski definition) is 4. The van der Waals surface area contributed by atoms with Gasteiger partial charge in [-0.15, -0.1) is 0 Å². The molecule has 0 aromatic heterocycles. The number of methoxy groups -OCH3 is 2. The third kappa shape index (κ3) is 3.18. The third-order valence-corrected chi connectivity index (χ3v) is 3.90. The van der Waals surface area contributed by atoms with Crippen LogP contribution in [0.2, 0.25) is 0 Å². The van der Waals surface area contributed by atoms with Crippen LogP contribution in [0.15, 0.2) is 40.9 Å². The Kier molecular flexibility index (Phi) is 5.17. The van der Waals surface area contributed by atoms with Gasteiger partial charge in [0.15, 0.2) is 0 Å². The van der Waals surface area contributed by atoms with Crippen LogP contribution in [0, 0.1) is 5.82 Å². The Morgan fingerprint density at radius 3 is 2.52 bits per heavy atom. The van der Waals surface area contributed by atoms with Crippen LogP contribution in [-0.2, 0) is 0 Å². The molecule has 0 saturated heterocycles. The fraction of sp³-hybridized carbons (Fsp3) is 0.200. The molecule has 21 heavy (non-hydrogen) atoms. The van der Waals surface area contributed by atoms with Crippen molar-refractivity contribution >= 4 is 15.9 Å². The van der Waals surface area contributed by atoms with E-state index in [1.807, 2.05) is 0 Å². The predicted octanol–water partition coefficient (Wildman–Crippen LogP) is 3.16. The van der Waals surface area contributed by atoms with Crippen molar-refractivity contribution in [1.82, 2.24) is 5.43 Å². The van der Waals surface area contributed by atoms with Gasteiger partial charge in [-0.3, -0.25) is 5.84 Å². The van der Waals surface area contributed by atoms with E-state index < -0.39 is 6.04 Å². The molecule has 0 aliphatic carbocycles. The molecule has 2 rings (SSSR count). The van der Waals surface area contributed by atoms with Crippen LogP contribution >= 0.6 is 15.9 Å². The average molecular weight is 355 g/mol. The Bertz CT molecular complexity index is 617. The van der Waals surface area contributed by atoms with Gasteiger partial charge in [0.25, 0.3) is 0 Å². The summed E-state index contributed by atoms with van der Waals surface area (Å²) in [5.41, 5.74) is 3.77. The van der Waals surface area contributed by atoms with Crippen molar-refractivity contribution in [2.24, 2.45) is 5.84 Å². The van der Waals surface area contributed by atoms with Gasteiger partial charge >= 0.3 is 0 Å². The lowest BCUT2D eigenvalue weighted by atomic mass is 9.97. The van der Waals surface area contributed by atoms with Crippen LogP contribution in [0.25, 0.3) is 0 Å². The lowest BCUT2D eigenvalue weighted by Gasteiger charge is -2.21. The molecular formula is C15H16BrFN2O2. The highest BCUT2D eigenvalue weighted by Crippen LogP contribution is 2.36. The normalized spacial score (nSPS) is 12.0. The van der Waals surface area contributed by atoms with Gasteiger partial charge in [0.1, 0.15) is 17.3 Å². The minimum absolute atomic E-state index is 0.356. The van der Waals surface area contributed by atoms with Gasteiger partial charge in [0, 0.05) is 21.7 Å². The summed E-state index contributed by atoms with van der Waals surface area (Å²) in [7, 11) is 3.11. The number of hydrazine groups is 1. The van der Waals surface area contributed by atoms with E-state index in [1.54, 1.807) is 44.6 Å². The van der Waals surface area contributed by atoms with Gasteiger partial charge in [0.05, 0.1) is 20.3 Å². The molecule has 0 fully saturated rings. The highest BCUT2D eigenvalue weighted by molar-refractivity contribution is 9.10. The third-order valence-electron chi connectivity index (χ3n) is 3.21. The molecule has 0 aliphatic rings. The minimum Gasteiger partial charge on any atom is -0.497 e. The quantitative estimate of drug-likeness (QED) is 0.639. The number of halogens is 2. The first-order valence-electron chi connectivity index (χ1n) is 6.24. The second-order valence-corrected chi connectivity index (χ2v) is 5.20. The summed E-state index contributed by atoms with van der Waals surface area (Å²) in [4.78, 5) is 0. The SMILES string of the molecule is COc1ccc(C(NN)c2c(F)cccc2Br)c(OC)c1. The molecule has 1 unspecified atom stereocenters. The molecule has 0 spiro atoms. The predicted molar refractivity (Wildman–Crippen MR) is 82.8 cm³/mol. The van der Waals surface area contributed by atoms with Gasteiger partial charge in [-0.05, 0) is 24.3 Å². The summed E-state index contributed by atoms with van der Waals surface area (Å²) >= 11 is 3.36. The van der Waals surface area contributed by atoms with Crippen LogP contribution in [0.1, 0.15) is 17.2 Å². The monoisotopic (exact) mass is 354 g/mol. The molecule has 3 N–H and O–H groups in total. The Balaban J connectivity index is 2.56. The van der Waals surface area contributed by atoms with Crippen LogP contribution in [-0.4, -0.2) is 14.2 Å². The zero-order valence-electron chi connectivity index (χ0n) is 11.7. The maximum absolute atomic E-state index is 14.2. The van der Waals surface area contributed by atoms with E-state index >= 15 is 0 Å². The topological polar surface area (TPSA) is 56.5 Å². The second kappa shape index (κ2) is 6.89. The Hall–Kier alpha value is -1.63. The number of ether oxygens (including phenoxy) is 2. The standard InChI is InChI=1S/C15H16BrFN2O2/c1-20-9-6-7-10(13(8-9)21-2)15(19-18)14-11(16)4-3-5-12(14)17/h3-8,15,19H,18H2,1-2H3. The van der Waals surface area contributed by atoms with Crippen molar-refractivity contribution in [2.75, 3.05) is 14.2 Å². The smallest absolute Gasteiger partial charge is 0.129 e. The van der Waals surface area contributed by atoms with Crippen LogP contribution in [0.5, 0.6) is 11.5 Å². The van der Waals surface area contributed by atoms with Crippen LogP contribution in [0.3, 0.4) is 0 Å². The van der Waals surface area contributed by atoms with E-state index in [-0.39, 0.29) is 5.82 Å².